The van der Waals surface area contributed by atoms with Crippen molar-refractivity contribution in [2.24, 2.45) is 11.0 Å². The first-order valence-corrected chi connectivity index (χ1v) is 9.19. The third kappa shape index (κ3) is 5.36. The predicted molar refractivity (Wildman–Crippen MR) is 110 cm³/mol. The van der Waals surface area contributed by atoms with Crippen LogP contribution >= 0.6 is 0 Å². The van der Waals surface area contributed by atoms with Crippen LogP contribution in [0.15, 0.2) is 65.8 Å². The van der Waals surface area contributed by atoms with Crippen LogP contribution in [0.4, 0.5) is 0 Å². The van der Waals surface area contributed by atoms with Gasteiger partial charge in [-0.15, -0.1) is 5.10 Å². The van der Waals surface area contributed by atoms with Crippen molar-refractivity contribution in [2.45, 2.75) is 26.8 Å². The quantitative estimate of drug-likeness (QED) is 0.453. The van der Waals surface area contributed by atoms with Crippen LogP contribution in [0, 0.1) is 5.92 Å². The lowest BCUT2D eigenvalue weighted by Gasteiger charge is -2.19. The van der Waals surface area contributed by atoms with Crippen LogP contribution in [0.25, 0.3) is 5.70 Å². The van der Waals surface area contributed by atoms with Crippen LogP contribution in [0.2, 0.25) is 0 Å². The summed E-state index contributed by atoms with van der Waals surface area (Å²) in [4.78, 5) is 3.47. The Morgan fingerprint density at radius 3 is 2.39 bits per heavy atom. The van der Waals surface area contributed by atoms with E-state index in [1.807, 2.05) is 49.4 Å². The number of nitrogens with one attached hydrogen (secondary N) is 3. The lowest BCUT2D eigenvalue weighted by atomic mass is 10.0. The van der Waals surface area contributed by atoms with E-state index >= 15 is 0 Å². The molecular formula is C22H27ClN4O. The Bertz CT molecular complexity index is 858. The fourth-order valence-electron chi connectivity index (χ4n) is 2.84. The van der Waals surface area contributed by atoms with E-state index in [-0.39, 0.29) is 18.4 Å². The lowest BCUT2D eigenvalue weighted by Crippen LogP contribution is -3.00. The molecule has 0 radical (unpaired) electrons. The van der Waals surface area contributed by atoms with Gasteiger partial charge in [-0.2, -0.15) is 5.43 Å². The topological polar surface area (TPSA) is 59.6 Å². The van der Waals surface area contributed by atoms with Gasteiger partial charge in [-0.25, -0.2) is 5.32 Å². The molecule has 5 nitrogen and oxygen atoms in total. The van der Waals surface area contributed by atoms with Gasteiger partial charge in [-0.3, -0.25) is 4.99 Å². The highest BCUT2D eigenvalue weighted by Crippen LogP contribution is 2.14. The van der Waals surface area contributed by atoms with Gasteiger partial charge in [0.1, 0.15) is 11.4 Å². The molecule has 0 aliphatic carbocycles. The Balaban J connectivity index is 0.00000280. The summed E-state index contributed by atoms with van der Waals surface area (Å²) >= 11 is 0. The predicted octanol–water partition coefficient (Wildman–Crippen LogP) is -0.882. The SMILES string of the molecule is COc1ccc(/C(C)=N/NC2=[NH+]C(C(C)C)C=C(c3ccccc3)N2)cc1.[Cl-]. The molecule has 148 valence electrons. The molecule has 1 heterocycles. The minimum atomic E-state index is 0. The number of benzene rings is 2. The van der Waals surface area contributed by atoms with Gasteiger partial charge in [-0.05, 0) is 48.7 Å². The molecule has 0 saturated heterocycles. The van der Waals surface area contributed by atoms with Crippen LogP contribution < -0.4 is 32.9 Å². The molecule has 0 saturated carbocycles. The van der Waals surface area contributed by atoms with E-state index in [1.54, 1.807) is 7.11 Å². The summed E-state index contributed by atoms with van der Waals surface area (Å²) in [6, 6.07) is 18.4. The van der Waals surface area contributed by atoms with E-state index in [2.05, 4.69) is 52.9 Å². The molecule has 0 bridgehead atoms. The van der Waals surface area contributed by atoms with Crippen molar-refractivity contribution in [3.8, 4) is 5.75 Å². The molecule has 6 heteroatoms. The third-order valence-electron chi connectivity index (χ3n) is 4.56. The molecule has 0 spiro atoms. The molecule has 28 heavy (non-hydrogen) atoms. The molecule has 0 fully saturated rings. The molecular weight excluding hydrogens is 372 g/mol. The van der Waals surface area contributed by atoms with Gasteiger partial charge in [0.25, 0.3) is 0 Å². The number of hydrogen-bond donors (Lipinski definition) is 3. The van der Waals surface area contributed by atoms with Crippen LogP contribution in [0.1, 0.15) is 31.9 Å². The first kappa shape index (κ1) is 21.5. The molecule has 1 aliphatic heterocycles. The zero-order chi connectivity index (χ0) is 19.2. The Morgan fingerprint density at radius 2 is 1.79 bits per heavy atom. The minimum Gasteiger partial charge on any atom is -1.00 e. The first-order chi connectivity index (χ1) is 13.1. The van der Waals surface area contributed by atoms with E-state index in [9.17, 15) is 0 Å². The number of ether oxygens (including phenoxy) is 1. The van der Waals surface area contributed by atoms with Crippen molar-refractivity contribution in [1.29, 1.82) is 0 Å². The Morgan fingerprint density at radius 1 is 1.11 bits per heavy atom. The smallest absolute Gasteiger partial charge is 0.372 e. The summed E-state index contributed by atoms with van der Waals surface area (Å²) in [5, 5.41) is 7.94. The average Bonchev–Trinajstić information content (AvgIpc) is 2.72. The van der Waals surface area contributed by atoms with Crippen molar-refractivity contribution in [1.82, 2.24) is 10.7 Å². The number of nitrogens with zero attached hydrogens (tertiary/aromatic N) is 1. The highest BCUT2D eigenvalue weighted by Gasteiger charge is 2.23. The first-order valence-electron chi connectivity index (χ1n) is 9.19. The second-order valence-electron chi connectivity index (χ2n) is 6.90. The summed E-state index contributed by atoms with van der Waals surface area (Å²) in [7, 11) is 1.66. The van der Waals surface area contributed by atoms with Gasteiger partial charge in [0.2, 0.25) is 0 Å². The normalized spacial score (nSPS) is 16.5. The van der Waals surface area contributed by atoms with E-state index < -0.39 is 0 Å². The number of methoxy groups -OCH3 is 1. The maximum atomic E-state index is 5.21. The van der Waals surface area contributed by atoms with Crippen molar-refractivity contribution in [3.63, 3.8) is 0 Å². The van der Waals surface area contributed by atoms with E-state index in [4.69, 9.17) is 4.74 Å². The molecule has 0 aromatic heterocycles. The van der Waals surface area contributed by atoms with Gasteiger partial charge in [-0.1, -0.05) is 44.2 Å². The summed E-state index contributed by atoms with van der Waals surface area (Å²) < 4.78 is 5.21. The van der Waals surface area contributed by atoms with Crippen LogP contribution in [-0.4, -0.2) is 24.8 Å². The molecule has 0 amide bonds. The Hall–Kier alpha value is -2.79. The Labute approximate surface area is 173 Å². The summed E-state index contributed by atoms with van der Waals surface area (Å²) in [6.07, 6.45) is 2.23. The van der Waals surface area contributed by atoms with Crippen molar-refractivity contribution in [3.05, 3.63) is 71.8 Å². The van der Waals surface area contributed by atoms with E-state index in [1.165, 1.54) is 0 Å². The second kappa shape index (κ2) is 9.95. The maximum absolute atomic E-state index is 5.21. The molecule has 1 aliphatic rings. The molecule has 1 unspecified atom stereocenters. The second-order valence-corrected chi connectivity index (χ2v) is 6.90. The van der Waals surface area contributed by atoms with Crippen molar-refractivity contribution in [2.75, 3.05) is 7.11 Å². The number of hydrogen-bond acceptors (Lipinski definition) is 4. The van der Waals surface area contributed by atoms with Crippen molar-refractivity contribution < 1.29 is 22.1 Å². The highest BCUT2D eigenvalue weighted by molar-refractivity contribution is 5.99. The van der Waals surface area contributed by atoms with Crippen LogP contribution in [0.5, 0.6) is 5.75 Å². The number of halogens is 1. The zero-order valence-electron chi connectivity index (χ0n) is 16.7. The number of rotatable bonds is 5. The highest BCUT2D eigenvalue weighted by atomic mass is 35.5. The molecule has 1 atom stereocenters. The van der Waals surface area contributed by atoms with E-state index in [0.717, 1.165) is 34.2 Å². The molecule has 2 aromatic carbocycles. The maximum Gasteiger partial charge on any atom is 0.372 e. The summed E-state index contributed by atoms with van der Waals surface area (Å²) in [5.41, 5.74) is 7.31. The fraction of sp³-hybridized carbons (Fsp3) is 0.273. The van der Waals surface area contributed by atoms with Gasteiger partial charge in [0, 0.05) is 5.56 Å². The third-order valence-corrected chi connectivity index (χ3v) is 4.56. The monoisotopic (exact) mass is 398 g/mol. The minimum absolute atomic E-state index is 0. The number of guanidine groups is 1. The molecule has 2 aromatic rings. The zero-order valence-corrected chi connectivity index (χ0v) is 17.4. The number of hydrazone groups is 1. The standard InChI is InChI=1S/C22H26N4O.ClH/c1-15(2)20-14-21(18-8-6-5-7-9-18)24-22(23-20)26-25-16(3)17-10-12-19(27-4)13-11-17;/h5-15,20H,1-4H3,(H2,23,24,26);1H/b25-16+;. The molecule has 3 rings (SSSR count). The largest absolute Gasteiger partial charge is 1.00 e. The van der Waals surface area contributed by atoms with Crippen LogP contribution in [0.3, 0.4) is 0 Å². The molecule has 3 N–H and O–H groups in total. The lowest BCUT2D eigenvalue weighted by molar-refractivity contribution is -0.503. The summed E-state index contributed by atoms with van der Waals surface area (Å²) in [5.74, 6) is 2.07. The van der Waals surface area contributed by atoms with Crippen LogP contribution in [-0.2, 0) is 0 Å². The van der Waals surface area contributed by atoms with Gasteiger partial charge < -0.3 is 17.1 Å². The van der Waals surface area contributed by atoms with Gasteiger partial charge in [0.15, 0.2) is 0 Å². The summed E-state index contributed by atoms with van der Waals surface area (Å²) in [6.45, 7) is 6.38. The van der Waals surface area contributed by atoms with E-state index in [0.29, 0.717) is 5.92 Å². The average molecular weight is 399 g/mol. The van der Waals surface area contributed by atoms with Gasteiger partial charge in [0.05, 0.1) is 18.9 Å². The fourth-order valence-corrected chi connectivity index (χ4v) is 2.84. The Kier molecular flexibility index (Phi) is 7.64. The van der Waals surface area contributed by atoms with Crippen molar-refractivity contribution >= 4 is 17.4 Å². The van der Waals surface area contributed by atoms with Gasteiger partial charge >= 0.3 is 5.96 Å².